The summed E-state index contributed by atoms with van der Waals surface area (Å²) >= 11 is 0. The molecule has 0 saturated heterocycles. The first-order chi connectivity index (χ1) is 11.1. The van der Waals surface area contributed by atoms with Crippen molar-refractivity contribution >= 4 is 5.84 Å². The molecule has 6 nitrogen and oxygen atoms in total. The Morgan fingerprint density at radius 3 is 2.52 bits per heavy atom. The van der Waals surface area contributed by atoms with Crippen LogP contribution in [0.3, 0.4) is 0 Å². The Balaban J connectivity index is 1.76. The normalized spacial score (nSPS) is 11.9. The average Bonchev–Trinajstić information content (AvgIpc) is 3.01. The number of hydrogen-bond donors (Lipinski definition) is 1. The van der Waals surface area contributed by atoms with E-state index in [1.54, 1.807) is 0 Å². The van der Waals surface area contributed by atoms with Crippen LogP contribution in [0.15, 0.2) is 42.0 Å². The van der Waals surface area contributed by atoms with Crippen molar-refractivity contribution in [2.75, 3.05) is 6.61 Å². The lowest BCUT2D eigenvalue weighted by Gasteiger charge is -2.08. The van der Waals surface area contributed by atoms with Gasteiger partial charge < -0.3 is 10.5 Å². The van der Waals surface area contributed by atoms with E-state index in [4.69, 9.17) is 10.5 Å². The number of benzene rings is 1. The van der Waals surface area contributed by atoms with Crippen LogP contribution < -0.4 is 10.5 Å². The Morgan fingerprint density at radius 1 is 1.17 bits per heavy atom. The highest BCUT2D eigenvalue weighted by Gasteiger charge is 2.00. The number of amidine groups is 1. The predicted octanol–water partition coefficient (Wildman–Crippen LogP) is 2.85. The Kier molecular flexibility index (Phi) is 6.59. The highest BCUT2D eigenvalue weighted by Crippen LogP contribution is 2.14. The third-order valence-electron chi connectivity index (χ3n) is 3.40. The Bertz CT molecular complexity index is 590. The van der Waals surface area contributed by atoms with E-state index in [0.717, 1.165) is 30.3 Å². The fourth-order valence-corrected chi connectivity index (χ4v) is 2.19. The topological polar surface area (TPSA) is 78.3 Å². The summed E-state index contributed by atoms with van der Waals surface area (Å²) in [6.45, 7) is 5.26. The number of hydrogen-bond acceptors (Lipinski definition) is 4. The van der Waals surface area contributed by atoms with Gasteiger partial charge in [0.15, 0.2) is 0 Å². The van der Waals surface area contributed by atoms with Crippen molar-refractivity contribution in [3.63, 3.8) is 0 Å². The molecule has 0 bridgehead atoms. The molecule has 1 heterocycles. The van der Waals surface area contributed by atoms with Crippen LogP contribution in [-0.4, -0.2) is 27.3 Å². The molecule has 124 valence electrons. The number of rotatable bonds is 9. The maximum Gasteiger partial charge on any atom is 0.141 e. The monoisotopic (exact) mass is 315 g/mol. The fraction of sp³-hybridized carbons (Fsp3) is 0.471. The zero-order valence-corrected chi connectivity index (χ0v) is 13.9. The predicted molar refractivity (Wildman–Crippen MR) is 91.4 cm³/mol. The minimum atomic E-state index is 0.507. The highest BCUT2D eigenvalue weighted by atomic mass is 16.5. The first-order valence-corrected chi connectivity index (χ1v) is 8.03. The van der Waals surface area contributed by atoms with Crippen molar-refractivity contribution in [3.05, 3.63) is 42.5 Å². The highest BCUT2D eigenvalue weighted by molar-refractivity contribution is 5.82. The van der Waals surface area contributed by atoms with Gasteiger partial charge in [-0.1, -0.05) is 32.4 Å². The van der Waals surface area contributed by atoms with Gasteiger partial charge in [0.1, 0.15) is 24.2 Å². The van der Waals surface area contributed by atoms with Gasteiger partial charge in [0.05, 0.1) is 6.61 Å². The van der Waals surface area contributed by atoms with Crippen LogP contribution in [0.25, 0.3) is 0 Å². The maximum atomic E-state index is 5.92. The van der Waals surface area contributed by atoms with Gasteiger partial charge in [-0.25, -0.2) is 4.68 Å². The summed E-state index contributed by atoms with van der Waals surface area (Å²) in [4.78, 5) is 0. The summed E-state index contributed by atoms with van der Waals surface area (Å²) < 4.78 is 7.24. The van der Waals surface area contributed by atoms with Gasteiger partial charge in [0.2, 0.25) is 0 Å². The second-order valence-electron chi connectivity index (χ2n) is 5.99. The molecule has 0 fully saturated rings. The molecule has 0 amide bonds. The van der Waals surface area contributed by atoms with E-state index < -0.39 is 0 Å². The third kappa shape index (κ3) is 6.50. The molecule has 2 N–H and O–H groups in total. The van der Waals surface area contributed by atoms with Crippen LogP contribution in [0.2, 0.25) is 0 Å². The quantitative estimate of drug-likeness (QED) is 0.438. The molecular formula is C17H25N5O. The average molecular weight is 315 g/mol. The number of nitrogens with zero attached hydrogens (tertiary/aromatic N) is 4. The lowest BCUT2D eigenvalue weighted by molar-refractivity contribution is 0.301. The molecule has 0 atom stereocenters. The largest absolute Gasteiger partial charge is 0.494 e. The zero-order chi connectivity index (χ0) is 16.5. The molecule has 0 saturated carbocycles. The molecule has 1 aromatic heterocycles. The molecule has 23 heavy (non-hydrogen) atoms. The van der Waals surface area contributed by atoms with Crippen LogP contribution in [0, 0.1) is 5.92 Å². The van der Waals surface area contributed by atoms with Gasteiger partial charge >= 0.3 is 0 Å². The molecule has 0 aliphatic carbocycles. The van der Waals surface area contributed by atoms with Crippen LogP contribution in [0.1, 0.15) is 38.7 Å². The standard InChI is InChI=1S/C17H25N5O/c1-14(2)5-3-4-10-23-16-8-6-15(7-9-16)11-17(18)21-22-12-19-20-13-22/h6-9,12-14H,3-5,10-11H2,1-2H3,(H2,18,21). The summed E-state index contributed by atoms with van der Waals surface area (Å²) in [6, 6.07) is 7.98. The maximum absolute atomic E-state index is 5.92. The van der Waals surface area contributed by atoms with E-state index in [-0.39, 0.29) is 0 Å². The summed E-state index contributed by atoms with van der Waals surface area (Å²) in [5.41, 5.74) is 7.00. The van der Waals surface area contributed by atoms with Gasteiger partial charge in [-0.2, -0.15) is 5.10 Å². The van der Waals surface area contributed by atoms with Crippen molar-refractivity contribution in [2.24, 2.45) is 16.8 Å². The van der Waals surface area contributed by atoms with E-state index in [2.05, 4.69) is 29.1 Å². The molecule has 0 aliphatic rings. The molecular weight excluding hydrogens is 290 g/mol. The SMILES string of the molecule is CC(C)CCCCOc1ccc(CC(N)=Nn2cnnc2)cc1. The molecule has 0 aliphatic heterocycles. The fourth-order valence-electron chi connectivity index (χ4n) is 2.19. The number of ether oxygens (including phenoxy) is 1. The van der Waals surface area contributed by atoms with Crippen LogP contribution >= 0.6 is 0 Å². The zero-order valence-electron chi connectivity index (χ0n) is 13.9. The lowest BCUT2D eigenvalue weighted by atomic mass is 10.1. The van der Waals surface area contributed by atoms with Crippen molar-refractivity contribution < 1.29 is 4.74 Å². The summed E-state index contributed by atoms with van der Waals surface area (Å²) in [6.07, 6.45) is 7.15. The van der Waals surface area contributed by atoms with Crippen molar-refractivity contribution in [3.8, 4) is 5.75 Å². The first-order valence-electron chi connectivity index (χ1n) is 8.03. The molecule has 0 spiro atoms. The Morgan fingerprint density at radius 2 is 1.87 bits per heavy atom. The van der Waals surface area contributed by atoms with E-state index in [9.17, 15) is 0 Å². The van der Waals surface area contributed by atoms with E-state index >= 15 is 0 Å². The Hall–Kier alpha value is -2.37. The second kappa shape index (κ2) is 8.92. The van der Waals surface area contributed by atoms with Gasteiger partial charge in [0.25, 0.3) is 0 Å². The minimum absolute atomic E-state index is 0.507. The molecule has 2 rings (SSSR count). The summed E-state index contributed by atoms with van der Waals surface area (Å²) in [5, 5.41) is 11.5. The van der Waals surface area contributed by atoms with Crippen LogP contribution in [0.5, 0.6) is 5.75 Å². The van der Waals surface area contributed by atoms with Gasteiger partial charge in [-0.3, -0.25) is 0 Å². The Labute approximate surface area is 137 Å². The smallest absolute Gasteiger partial charge is 0.141 e. The summed E-state index contributed by atoms with van der Waals surface area (Å²) in [7, 11) is 0. The molecule has 0 unspecified atom stereocenters. The molecule has 6 heteroatoms. The van der Waals surface area contributed by atoms with Gasteiger partial charge in [-0.15, -0.1) is 10.2 Å². The number of unbranched alkanes of at least 4 members (excludes halogenated alkanes) is 1. The number of nitrogens with two attached hydrogens (primary N) is 1. The van der Waals surface area contributed by atoms with Crippen LogP contribution in [0.4, 0.5) is 0 Å². The molecule has 0 radical (unpaired) electrons. The third-order valence-corrected chi connectivity index (χ3v) is 3.40. The van der Waals surface area contributed by atoms with E-state index in [1.807, 2.05) is 24.3 Å². The van der Waals surface area contributed by atoms with Crippen molar-refractivity contribution in [1.29, 1.82) is 0 Å². The lowest BCUT2D eigenvalue weighted by Crippen LogP contribution is -2.16. The van der Waals surface area contributed by atoms with E-state index in [1.165, 1.54) is 30.2 Å². The van der Waals surface area contributed by atoms with Crippen LogP contribution in [-0.2, 0) is 6.42 Å². The van der Waals surface area contributed by atoms with E-state index in [0.29, 0.717) is 12.3 Å². The molecule has 1 aromatic carbocycles. The van der Waals surface area contributed by atoms with Crippen molar-refractivity contribution in [1.82, 2.24) is 14.9 Å². The van der Waals surface area contributed by atoms with Gasteiger partial charge in [0, 0.05) is 6.42 Å². The first kappa shape index (κ1) is 17.0. The van der Waals surface area contributed by atoms with Crippen molar-refractivity contribution in [2.45, 2.75) is 39.5 Å². The number of aromatic nitrogens is 3. The summed E-state index contributed by atoms with van der Waals surface area (Å²) in [5.74, 6) is 2.17. The minimum Gasteiger partial charge on any atom is -0.494 e. The second-order valence-corrected chi connectivity index (χ2v) is 5.99. The molecule has 2 aromatic rings. The van der Waals surface area contributed by atoms with Gasteiger partial charge in [-0.05, 0) is 36.5 Å².